The standard InChI is InChI=1S/C21H23BrO4/c1-3-17(25-20(23)15-11-7-5-8-12-15)19(22)18(4-2)26-21(24)16-13-9-6-10-14-16/h5-14,17-19H,3-4H2,1-2H3. The second-order valence-electron chi connectivity index (χ2n) is 5.88. The van der Waals surface area contributed by atoms with Crippen molar-refractivity contribution in [2.24, 2.45) is 0 Å². The van der Waals surface area contributed by atoms with Crippen molar-refractivity contribution in [3.05, 3.63) is 71.8 Å². The Morgan fingerprint density at radius 3 is 1.42 bits per heavy atom. The molecule has 0 aromatic heterocycles. The first-order chi connectivity index (χ1) is 12.6. The number of hydrogen-bond donors (Lipinski definition) is 0. The van der Waals surface area contributed by atoms with Crippen molar-refractivity contribution in [3.63, 3.8) is 0 Å². The van der Waals surface area contributed by atoms with Crippen LogP contribution in [0.5, 0.6) is 0 Å². The molecule has 0 saturated heterocycles. The molecule has 0 saturated carbocycles. The highest BCUT2D eigenvalue weighted by Crippen LogP contribution is 2.23. The minimum absolute atomic E-state index is 0.294. The first kappa shape index (κ1) is 20.2. The summed E-state index contributed by atoms with van der Waals surface area (Å²) in [6.07, 6.45) is 0.398. The lowest BCUT2D eigenvalue weighted by Crippen LogP contribution is -2.38. The molecule has 5 heteroatoms. The largest absolute Gasteiger partial charge is 0.457 e. The van der Waals surface area contributed by atoms with Crippen molar-refractivity contribution in [3.8, 4) is 0 Å². The molecule has 0 spiro atoms. The maximum Gasteiger partial charge on any atom is 0.338 e. The molecule has 26 heavy (non-hydrogen) atoms. The molecular weight excluding hydrogens is 396 g/mol. The number of halogens is 1. The van der Waals surface area contributed by atoms with Crippen molar-refractivity contribution in [1.29, 1.82) is 0 Å². The lowest BCUT2D eigenvalue weighted by Gasteiger charge is -2.28. The van der Waals surface area contributed by atoms with Crippen LogP contribution in [0.1, 0.15) is 47.4 Å². The third kappa shape index (κ3) is 5.43. The van der Waals surface area contributed by atoms with Gasteiger partial charge in [-0.15, -0.1) is 0 Å². The number of alkyl halides is 1. The van der Waals surface area contributed by atoms with E-state index < -0.39 is 12.2 Å². The number of ether oxygens (including phenoxy) is 2. The summed E-state index contributed by atoms with van der Waals surface area (Å²) in [5.41, 5.74) is 1.000. The molecule has 2 atom stereocenters. The van der Waals surface area contributed by atoms with Gasteiger partial charge in [0.05, 0.1) is 16.0 Å². The summed E-state index contributed by atoms with van der Waals surface area (Å²) in [5.74, 6) is -0.766. The second-order valence-corrected chi connectivity index (χ2v) is 6.94. The van der Waals surface area contributed by atoms with Crippen LogP contribution in [0.4, 0.5) is 0 Å². The highest BCUT2D eigenvalue weighted by atomic mass is 79.9. The van der Waals surface area contributed by atoms with Gasteiger partial charge in [0.1, 0.15) is 12.2 Å². The molecule has 2 rings (SSSR count). The Hall–Kier alpha value is -2.14. The summed E-state index contributed by atoms with van der Waals surface area (Å²) in [6, 6.07) is 17.7. The van der Waals surface area contributed by atoms with Crippen molar-refractivity contribution in [1.82, 2.24) is 0 Å². The fourth-order valence-electron chi connectivity index (χ4n) is 2.55. The van der Waals surface area contributed by atoms with E-state index in [1.54, 1.807) is 48.5 Å². The van der Waals surface area contributed by atoms with Gasteiger partial charge in [-0.25, -0.2) is 9.59 Å². The zero-order valence-corrected chi connectivity index (χ0v) is 16.5. The lowest BCUT2D eigenvalue weighted by atomic mass is 10.1. The molecule has 0 bridgehead atoms. The Balaban J connectivity index is 2.03. The van der Waals surface area contributed by atoms with Crippen molar-refractivity contribution < 1.29 is 19.1 Å². The number of hydrogen-bond acceptors (Lipinski definition) is 4. The predicted molar refractivity (Wildman–Crippen MR) is 105 cm³/mol. The normalized spacial score (nSPS) is 14.1. The van der Waals surface area contributed by atoms with Crippen molar-refractivity contribution >= 4 is 27.9 Å². The first-order valence-corrected chi connectivity index (χ1v) is 9.64. The van der Waals surface area contributed by atoms with Gasteiger partial charge in [-0.2, -0.15) is 0 Å². The van der Waals surface area contributed by atoms with E-state index in [9.17, 15) is 9.59 Å². The van der Waals surface area contributed by atoms with Gasteiger partial charge in [-0.05, 0) is 37.1 Å². The van der Waals surface area contributed by atoms with Crippen LogP contribution in [0.2, 0.25) is 0 Å². The number of rotatable bonds is 8. The molecule has 0 radical (unpaired) electrons. The fourth-order valence-corrected chi connectivity index (χ4v) is 3.51. The van der Waals surface area contributed by atoms with E-state index in [1.165, 1.54) is 0 Å². The highest BCUT2D eigenvalue weighted by molar-refractivity contribution is 9.09. The van der Waals surface area contributed by atoms with Crippen LogP contribution in [-0.4, -0.2) is 29.0 Å². The van der Waals surface area contributed by atoms with Crippen LogP contribution in [0.15, 0.2) is 60.7 Å². The molecule has 0 heterocycles. The molecule has 0 N–H and O–H groups in total. The van der Waals surface area contributed by atoms with E-state index in [-0.39, 0.29) is 16.8 Å². The molecule has 0 amide bonds. The van der Waals surface area contributed by atoms with Crippen LogP contribution >= 0.6 is 15.9 Å². The minimum atomic E-state index is -0.406. The molecule has 4 nitrogen and oxygen atoms in total. The molecule has 2 aromatic rings. The monoisotopic (exact) mass is 418 g/mol. The molecule has 2 unspecified atom stereocenters. The van der Waals surface area contributed by atoms with E-state index in [1.807, 2.05) is 26.0 Å². The van der Waals surface area contributed by atoms with Crippen molar-refractivity contribution in [2.75, 3.05) is 0 Å². The minimum Gasteiger partial charge on any atom is -0.457 e. The third-order valence-corrected chi connectivity index (χ3v) is 5.23. The maximum atomic E-state index is 12.3. The molecule has 0 aliphatic carbocycles. The molecule has 0 aliphatic heterocycles. The zero-order chi connectivity index (χ0) is 18.9. The average Bonchev–Trinajstić information content (AvgIpc) is 2.70. The molecule has 0 fully saturated rings. The lowest BCUT2D eigenvalue weighted by molar-refractivity contribution is 0.00258. The highest BCUT2D eigenvalue weighted by Gasteiger charge is 2.31. The molecular formula is C21H23BrO4. The summed E-state index contributed by atoms with van der Waals surface area (Å²) in [4.78, 5) is 24.4. The van der Waals surface area contributed by atoms with E-state index in [0.717, 1.165) is 0 Å². The van der Waals surface area contributed by atoms with E-state index in [4.69, 9.17) is 9.47 Å². The van der Waals surface area contributed by atoms with Gasteiger partial charge in [0.2, 0.25) is 0 Å². The number of carbonyl (C=O) groups excluding carboxylic acids is 2. The smallest absolute Gasteiger partial charge is 0.338 e. The zero-order valence-electron chi connectivity index (χ0n) is 14.9. The quantitative estimate of drug-likeness (QED) is 0.445. The third-order valence-electron chi connectivity index (χ3n) is 4.05. The summed E-state index contributed by atoms with van der Waals surface area (Å²) < 4.78 is 11.3. The molecule has 138 valence electrons. The van der Waals surface area contributed by atoms with Crippen LogP contribution in [0.3, 0.4) is 0 Å². The molecule has 2 aromatic carbocycles. The SMILES string of the molecule is CCC(OC(=O)c1ccccc1)C(Br)C(CC)OC(=O)c1ccccc1. The van der Waals surface area contributed by atoms with Gasteiger partial charge in [-0.3, -0.25) is 0 Å². The van der Waals surface area contributed by atoms with Crippen LogP contribution in [-0.2, 0) is 9.47 Å². The van der Waals surface area contributed by atoms with E-state index >= 15 is 0 Å². The van der Waals surface area contributed by atoms with Crippen molar-refractivity contribution in [2.45, 2.75) is 43.7 Å². The van der Waals surface area contributed by atoms with Gasteiger partial charge in [0.15, 0.2) is 0 Å². The van der Waals surface area contributed by atoms with Gasteiger partial charge in [-0.1, -0.05) is 66.2 Å². The predicted octanol–water partition coefficient (Wildman–Crippen LogP) is 5.02. The Morgan fingerprint density at radius 2 is 1.12 bits per heavy atom. The Kier molecular flexibility index (Phi) is 7.85. The summed E-state index contributed by atoms with van der Waals surface area (Å²) in [5, 5.41) is 0. The van der Waals surface area contributed by atoms with Gasteiger partial charge >= 0.3 is 11.9 Å². The summed E-state index contributed by atoms with van der Waals surface area (Å²) in [6.45, 7) is 3.87. The van der Waals surface area contributed by atoms with E-state index in [0.29, 0.717) is 24.0 Å². The Bertz CT molecular complexity index is 641. The van der Waals surface area contributed by atoms with Crippen LogP contribution < -0.4 is 0 Å². The fraction of sp³-hybridized carbons (Fsp3) is 0.333. The topological polar surface area (TPSA) is 52.6 Å². The van der Waals surface area contributed by atoms with Gasteiger partial charge in [0, 0.05) is 0 Å². The Labute approximate surface area is 162 Å². The van der Waals surface area contributed by atoms with E-state index in [2.05, 4.69) is 15.9 Å². The maximum absolute atomic E-state index is 12.3. The summed E-state index contributed by atoms with van der Waals surface area (Å²) >= 11 is 3.58. The number of benzene rings is 2. The second kappa shape index (κ2) is 10.1. The number of carbonyl (C=O) groups is 2. The van der Waals surface area contributed by atoms with Crippen LogP contribution in [0.25, 0.3) is 0 Å². The summed E-state index contributed by atoms with van der Waals surface area (Å²) in [7, 11) is 0. The average molecular weight is 419 g/mol. The Morgan fingerprint density at radius 1 is 0.769 bits per heavy atom. The number of esters is 2. The molecule has 0 aliphatic rings. The first-order valence-electron chi connectivity index (χ1n) is 8.72. The van der Waals surface area contributed by atoms with Gasteiger partial charge in [0.25, 0.3) is 0 Å². The van der Waals surface area contributed by atoms with Gasteiger partial charge < -0.3 is 9.47 Å². The van der Waals surface area contributed by atoms with Crippen LogP contribution in [0, 0.1) is 0 Å².